The van der Waals surface area contributed by atoms with Gasteiger partial charge >= 0.3 is 0 Å². The van der Waals surface area contributed by atoms with E-state index < -0.39 is 0 Å². The summed E-state index contributed by atoms with van der Waals surface area (Å²) in [5.74, 6) is 0.840. The van der Waals surface area contributed by atoms with E-state index in [0.29, 0.717) is 17.9 Å². The average molecular weight is 278 g/mol. The van der Waals surface area contributed by atoms with Crippen LogP contribution in [0.1, 0.15) is 0 Å². The number of hydrogen-bond acceptors (Lipinski definition) is 4. The first kappa shape index (κ1) is 13.8. The second-order valence-electron chi connectivity index (χ2n) is 4.44. The fourth-order valence-electron chi connectivity index (χ4n) is 1.84. The van der Waals surface area contributed by atoms with Crippen LogP contribution < -0.4 is 4.90 Å². The summed E-state index contributed by atoms with van der Waals surface area (Å²) in [7, 11) is 5.71. The molecule has 102 valence electrons. The summed E-state index contributed by atoms with van der Waals surface area (Å²) < 4.78 is 7.66. The number of ether oxygens (including phenoxy) is 1. The average Bonchev–Trinajstić information content (AvgIpc) is 2.78. The Morgan fingerprint density at radius 3 is 2.58 bits per heavy atom. The van der Waals surface area contributed by atoms with E-state index in [4.69, 9.17) is 17.0 Å². The maximum Gasteiger partial charge on any atom is 0.195 e. The molecule has 0 unspecified atom stereocenters. The Kier molecular flexibility index (Phi) is 4.34. The van der Waals surface area contributed by atoms with Crippen LogP contribution in [0.15, 0.2) is 24.3 Å². The SMILES string of the molecule is COCCn1c(-c2ccc(N(C)C)cc2)n[nH]c1=S. The number of aromatic nitrogens is 3. The molecule has 2 rings (SSSR count). The fourth-order valence-corrected chi connectivity index (χ4v) is 2.06. The molecular weight excluding hydrogens is 260 g/mol. The van der Waals surface area contributed by atoms with Crippen LogP contribution in [0.4, 0.5) is 5.69 Å². The highest BCUT2D eigenvalue weighted by Crippen LogP contribution is 2.20. The van der Waals surface area contributed by atoms with Gasteiger partial charge in [0.2, 0.25) is 0 Å². The van der Waals surface area contributed by atoms with Crippen molar-refractivity contribution in [3.05, 3.63) is 29.0 Å². The Hall–Kier alpha value is -1.66. The summed E-state index contributed by atoms with van der Waals surface area (Å²) in [5, 5.41) is 7.12. The Balaban J connectivity index is 2.33. The molecule has 1 aromatic carbocycles. The first-order valence-corrected chi connectivity index (χ1v) is 6.46. The number of rotatable bonds is 5. The van der Waals surface area contributed by atoms with Crippen LogP contribution in [0, 0.1) is 4.77 Å². The molecule has 0 aliphatic heterocycles. The third-order valence-corrected chi connectivity index (χ3v) is 3.23. The normalized spacial score (nSPS) is 10.7. The molecule has 19 heavy (non-hydrogen) atoms. The van der Waals surface area contributed by atoms with Gasteiger partial charge < -0.3 is 9.64 Å². The summed E-state index contributed by atoms with van der Waals surface area (Å²) in [5.41, 5.74) is 2.19. The van der Waals surface area contributed by atoms with Gasteiger partial charge in [0.25, 0.3) is 0 Å². The van der Waals surface area contributed by atoms with Crippen molar-refractivity contribution < 1.29 is 4.74 Å². The van der Waals surface area contributed by atoms with Gasteiger partial charge in [-0.3, -0.25) is 9.67 Å². The molecule has 0 radical (unpaired) electrons. The molecule has 0 aliphatic rings. The quantitative estimate of drug-likeness (QED) is 0.853. The summed E-state index contributed by atoms with van der Waals surface area (Å²) in [6.45, 7) is 1.30. The lowest BCUT2D eigenvalue weighted by Gasteiger charge is -2.12. The molecule has 5 nitrogen and oxygen atoms in total. The Labute approximate surface area is 117 Å². The lowest BCUT2D eigenvalue weighted by Crippen LogP contribution is -2.08. The Bertz CT molecular complexity index is 585. The van der Waals surface area contributed by atoms with Crippen LogP contribution in [-0.4, -0.2) is 42.6 Å². The molecule has 0 saturated heterocycles. The first-order chi connectivity index (χ1) is 9.13. The van der Waals surface area contributed by atoms with Gasteiger partial charge in [-0.25, -0.2) is 0 Å². The molecule has 0 bridgehead atoms. The van der Waals surface area contributed by atoms with Gasteiger partial charge in [-0.2, -0.15) is 5.10 Å². The first-order valence-electron chi connectivity index (χ1n) is 6.05. The summed E-state index contributed by atoms with van der Waals surface area (Å²) in [6, 6.07) is 8.22. The molecule has 1 aromatic heterocycles. The van der Waals surface area contributed by atoms with Gasteiger partial charge in [-0.05, 0) is 36.5 Å². The molecule has 6 heteroatoms. The van der Waals surface area contributed by atoms with Crippen molar-refractivity contribution in [2.24, 2.45) is 0 Å². The number of methoxy groups -OCH3 is 1. The predicted octanol–water partition coefficient (Wildman–Crippen LogP) is 2.32. The van der Waals surface area contributed by atoms with Crippen LogP contribution in [0.3, 0.4) is 0 Å². The molecule has 0 aliphatic carbocycles. The largest absolute Gasteiger partial charge is 0.383 e. The van der Waals surface area contributed by atoms with E-state index in [0.717, 1.165) is 17.1 Å². The van der Waals surface area contributed by atoms with E-state index in [2.05, 4.69) is 27.2 Å². The lowest BCUT2D eigenvalue weighted by molar-refractivity contribution is 0.187. The predicted molar refractivity (Wildman–Crippen MR) is 79.1 cm³/mol. The molecule has 0 spiro atoms. The number of aromatic amines is 1. The topological polar surface area (TPSA) is 46.1 Å². The van der Waals surface area contributed by atoms with E-state index in [1.807, 2.05) is 30.8 Å². The lowest BCUT2D eigenvalue weighted by atomic mass is 10.2. The van der Waals surface area contributed by atoms with E-state index >= 15 is 0 Å². The highest BCUT2D eigenvalue weighted by atomic mass is 32.1. The van der Waals surface area contributed by atoms with Gasteiger partial charge in [0.05, 0.1) is 13.2 Å². The molecule has 2 aromatic rings. The van der Waals surface area contributed by atoms with Gasteiger partial charge in [0.1, 0.15) is 0 Å². The van der Waals surface area contributed by atoms with Crippen molar-refractivity contribution >= 4 is 17.9 Å². The third kappa shape index (κ3) is 3.02. The highest BCUT2D eigenvalue weighted by molar-refractivity contribution is 7.71. The van der Waals surface area contributed by atoms with Gasteiger partial charge in [0, 0.05) is 32.5 Å². The van der Waals surface area contributed by atoms with E-state index in [-0.39, 0.29) is 0 Å². The molecular formula is C13H18N4OS. The Morgan fingerprint density at radius 1 is 1.32 bits per heavy atom. The zero-order chi connectivity index (χ0) is 13.8. The number of benzene rings is 1. The van der Waals surface area contributed by atoms with Crippen molar-refractivity contribution in [3.8, 4) is 11.4 Å². The maximum absolute atomic E-state index is 5.23. The number of hydrogen-bond donors (Lipinski definition) is 1. The third-order valence-electron chi connectivity index (χ3n) is 2.92. The second kappa shape index (κ2) is 5.99. The van der Waals surface area contributed by atoms with Crippen LogP contribution >= 0.6 is 12.2 Å². The van der Waals surface area contributed by atoms with Gasteiger partial charge in [0.15, 0.2) is 10.6 Å². The molecule has 0 fully saturated rings. The maximum atomic E-state index is 5.23. The zero-order valence-corrected chi connectivity index (χ0v) is 12.2. The summed E-state index contributed by atoms with van der Waals surface area (Å²) in [4.78, 5) is 2.06. The number of nitrogens with one attached hydrogen (secondary N) is 1. The van der Waals surface area contributed by atoms with Gasteiger partial charge in [-0.15, -0.1) is 0 Å². The van der Waals surface area contributed by atoms with Crippen LogP contribution in [0.25, 0.3) is 11.4 Å². The number of H-pyrrole nitrogens is 1. The monoisotopic (exact) mass is 278 g/mol. The van der Waals surface area contributed by atoms with Crippen molar-refractivity contribution in [1.29, 1.82) is 0 Å². The van der Waals surface area contributed by atoms with Crippen LogP contribution in [0.2, 0.25) is 0 Å². The standard InChI is InChI=1S/C13H18N4OS/c1-16(2)11-6-4-10(5-7-11)12-14-15-13(19)17(12)8-9-18-3/h4-7H,8-9H2,1-3H3,(H,15,19). The zero-order valence-electron chi connectivity index (χ0n) is 11.4. The van der Waals surface area contributed by atoms with E-state index in [1.54, 1.807) is 7.11 Å². The van der Waals surface area contributed by atoms with Crippen LogP contribution in [0.5, 0.6) is 0 Å². The molecule has 1 heterocycles. The highest BCUT2D eigenvalue weighted by Gasteiger charge is 2.08. The minimum atomic E-state index is 0.608. The van der Waals surface area contributed by atoms with Crippen molar-refractivity contribution in [2.75, 3.05) is 32.7 Å². The summed E-state index contributed by atoms with van der Waals surface area (Å²) in [6.07, 6.45) is 0. The number of anilines is 1. The molecule has 1 N–H and O–H groups in total. The molecule has 0 atom stereocenters. The van der Waals surface area contributed by atoms with Crippen molar-refractivity contribution in [2.45, 2.75) is 6.54 Å². The fraction of sp³-hybridized carbons (Fsp3) is 0.385. The molecule has 0 saturated carbocycles. The second-order valence-corrected chi connectivity index (χ2v) is 4.82. The number of nitrogens with zero attached hydrogens (tertiary/aromatic N) is 3. The minimum Gasteiger partial charge on any atom is -0.383 e. The summed E-state index contributed by atoms with van der Waals surface area (Å²) >= 11 is 5.23. The van der Waals surface area contributed by atoms with Crippen molar-refractivity contribution in [3.63, 3.8) is 0 Å². The van der Waals surface area contributed by atoms with E-state index in [9.17, 15) is 0 Å². The smallest absolute Gasteiger partial charge is 0.195 e. The van der Waals surface area contributed by atoms with Crippen LogP contribution in [-0.2, 0) is 11.3 Å². The Morgan fingerprint density at radius 2 is 2.00 bits per heavy atom. The van der Waals surface area contributed by atoms with Crippen molar-refractivity contribution in [1.82, 2.24) is 14.8 Å². The minimum absolute atomic E-state index is 0.608. The van der Waals surface area contributed by atoms with E-state index in [1.165, 1.54) is 0 Å². The van der Waals surface area contributed by atoms with Gasteiger partial charge in [-0.1, -0.05) is 0 Å². The molecule has 0 amide bonds.